The fourth-order valence-electron chi connectivity index (χ4n) is 7.81. The maximum absolute atomic E-state index is 15.1. The molecule has 0 radical (unpaired) electrons. The first-order valence-electron chi connectivity index (χ1n) is 20.5. The van der Waals surface area contributed by atoms with Crippen LogP contribution in [-0.2, 0) is 38.8 Å². The van der Waals surface area contributed by atoms with E-state index in [1.807, 2.05) is 115 Å². The van der Waals surface area contributed by atoms with Gasteiger partial charge in [-0.2, -0.15) is 4.98 Å². The molecule has 5 aromatic carbocycles. The normalized spacial score (nSPS) is 16.3. The lowest BCUT2D eigenvalue weighted by atomic mass is 9.88. The van der Waals surface area contributed by atoms with Crippen LogP contribution in [0.4, 0.5) is 14.0 Å². The average molecular weight is 824 g/mol. The SMILES string of the molecule is O=C(NC1CCCN(C(=O)C2(OC(=O)OCc3ccccc3)CCN(Cc3ccc(-c4noc(-c5ccc(-c6ccccc6)c(F)c5)n4)cc3)CC2)C1)OCc1ccccc1. The highest BCUT2D eigenvalue weighted by Gasteiger charge is 2.48. The molecule has 6 aromatic rings. The van der Waals surface area contributed by atoms with Crippen molar-refractivity contribution in [1.82, 2.24) is 25.3 Å². The van der Waals surface area contributed by atoms with Gasteiger partial charge < -0.3 is 29.0 Å². The highest BCUT2D eigenvalue weighted by Crippen LogP contribution is 2.33. The van der Waals surface area contributed by atoms with E-state index in [-0.39, 0.29) is 56.3 Å². The number of hydrogen-bond donors (Lipinski definition) is 1. The van der Waals surface area contributed by atoms with Crippen LogP contribution in [0.2, 0.25) is 0 Å². The second-order valence-corrected chi connectivity index (χ2v) is 15.4. The van der Waals surface area contributed by atoms with Crippen LogP contribution in [0.1, 0.15) is 42.4 Å². The van der Waals surface area contributed by atoms with Gasteiger partial charge in [-0.1, -0.05) is 126 Å². The molecule has 0 saturated carbocycles. The number of likely N-dealkylation sites (tertiary alicyclic amines) is 2. The van der Waals surface area contributed by atoms with Gasteiger partial charge in [-0.25, -0.2) is 14.0 Å². The molecule has 0 aliphatic carbocycles. The van der Waals surface area contributed by atoms with E-state index in [0.29, 0.717) is 56.0 Å². The second kappa shape index (κ2) is 19.0. The van der Waals surface area contributed by atoms with E-state index in [1.54, 1.807) is 17.0 Å². The minimum Gasteiger partial charge on any atom is -0.445 e. The zero-order chi connectivity index (χ0) is 42.0. The summed E-state index contributed by atoms with van der Waals surface area (Å²) in [5, 5.41) is 7.06. The van der Waals surface area contributed by atoms with Gasteiger partial charge in [0.15, 0.2) is 5.60 Å². The Morgan fingerprint density at radius 1 is 0.738 bits per heavy atom. The molecule has 1 unspecified atom stereocenters. The largest absolute Gasteiger partial charge is 0.509 e. The maximum atomic E-state index is 15.1. The first-order chi connectivity index (χ1) is 29.8. The van der Waals surface area contributed by atoms with Crippen molar-refractivity contribution in [2.24, 2.45) is 0 Å². The fraction of sp³-hybridized carbons (Fsp3) is 0.271. The summed E-state index contributed by atoms with van der Waals surface area (Å²) in [6.07, 6.45) is 0.408. The number of halogens is 1. The molecule has 2 fully saturated rings. The summed E-state index contributed by atoms with van der Waals surface area (Å²) >= 11 is 0. The minimum atomic E-state index is -1.44. The Balaban J connectivity index is 0.892. The van der Waals surface area contributed by atoms with Crippen LogP contribution in [0.25, 0.3) is 34.0 Å². The average Bonchev–Trinajstić information content (AvgIpc) is 3.80. The van der Waals surface area contributed by atoms with Crippen molar-refractivity contribution in [3.8, 4) is 34.0 Å². The van der Waals surface area contributed by atoms with Crippen LogP contribution in [0.15, 0.2) is 138 Å². The third-order valence-corrected chi connectivity index (χ3v) is 11.1. The molecule has 0 spiro atoms. The Bertz CT molecular complexity index is 2410. The predicted octanol–water partition coefficient (Wildman–Crippen LogP) is 8.82. The fourth-order valence-corrected chi connectivity index (χ4v) is 7.81. The number of nitrogens with one attached hydrogen (secondary N) is 1. The Labute approximate surface area is 353 Å². The topological polar surface area (TPSA) is 136 Å². The Hall–Kier alpha value is -6.86. The standard InChI is InChI=1S/C48H46FN5O7/c49-42-29-39(22-23-41(42)37-15-8-3-9-16-37)44-51-43(52-61-44)38-20-18-34(19-21-38)30-53-27-24-48(25-28-53,60-47(57)59-33-36-13-6-2-7-14-36)45(55)54-26-10-17-40(31-54)50-46(56)58-32-35-11-4-1-5-12-35/h1-9,11-16,18-23,29,40H,10,17,24-28,30-33H2,(H,50,56). The molecular weight excluding hydrogens is 778 g/mol. The van der Waals surface area contributed by atoms with E-state index in [1.165, 1.54) is 6.07 Å². The number of nitrogens with zero attached hydrogens (tertiary/aromatic N) is 4. The van der Waals surface area contributed by atoms with Gasteiger partial charge in [-0.3, -0.25) is 9.69 Å². The van der Waals surface area contributed by atoms with Gasteiger partial charge in [0.05, 0.1) is 0 Å². The number of alkyl carbamates (subject to hydrolysis) is 1. The maximum Gasteiger partial charge on any atom is 0.509 e. The molecule has 61 heavy (non-hydrogen) atoms. The van der Waals surface area contributed by atoms with Crippen LogP contribution < -0.4 is 5.32 Å². The van der Waals surface area contributed by atoms with Crippen molar-refractivity contribution in [2.45, 2.75) is 57.1 Å². The lowest BCUT2D eigenvalue weighted by molar-refractivity contribution is -0.161. The van der Waals surface area contributed by atoms with Crippen molar-refractivity contribution in [1.29, 1.82) is 0 Å². The van der Waals surface area contributed by atoms with Crippen LogP contribution in [0, 0.1) is 5.82 Å². The molecule has 312 valence electrons. The Morgan fingerprint density at radius 2 is 1.38 bits per heavy atom. The molecule has 3 heterocycles. The van der Waals surface area contributed by atoms with Gasteiger partial charge in [-0.15, -0.1) is 0 Å². The molecule has 12 nitrogen and oxygen atoms in total. The van der Waals surface area contributed by atoms with Crippen LogP contribution in [-0.4, -0.2) is 75.9 Å². The zero-order valence-electron chi connectivity index (χ0n) is 33.6. The summed E-state index contributed by atoms with van der Waals surface area (Å²) in [6.45, 7) is 2.43. The Kier molecular flexibility index (Phi) is 12.8. The number of ether oxygens (including phenoxy) is 3. The van der Waals surface area contributed by atoms with Crippen molar-refractivity contribution < 1.29 is 37.5 Å². The third kappa shape index (κ3) is 10.3. The van der Waals surface area contributed by atoms with Crippen LogP contribution in [0.5, 0.6) is 0 Å². The minimum absolute atomic E-state index is 0.0123. The first kappa shape index (κ1) is 40.9. The Morgan fingerprint density at radius 3 is 2.05 bits per heavy atom. The second-order valence-electron chi connectivity index (χ2n) is 15.4. The molecule has 1 atom stereocenters. The molecule has 1 N–H and O–H groups in total. The van der Waals surface area contributed by atoms with Gasteiger partial charge in [0.25, 0.3) is 11.8 Å². The summed E-state index contributed by atoms with van der Waals surface area (Å²) in [5.41, 5.74) is 3.75. The van der Waals surface area contributed by atoms with Crippen LogP contribution in [0.3, 0.4) is 0 Å². The summed E-state index contributed by atoms with van der Waals surface area (Å²) in [4.78, 5) is 48.8. The van der Waals surface area contributed by atoms with E-state index in [4.69, 9.17) is 18.7 Å². The summed E-state index contributed by atoms with van der Waals surface area (Å²) in [6, 6.07) is 40.4. The lowest BCUT2D eigenvalue weighted by Gasteiger charge is -2.43. The molecule has 0 bridgehead atoms. The summed E-state index contributed by atoms with van der Waals surface area (Å²) in [7, 11) is 0. The number of hydrogen-bond acceptors (Lipinski definition) is 10. The molecule has 2 aliphatic rings. The number of amides is 2. The highest BCUT2D eigenvalue weighted by molar-refractivity contribution is 5.87. The van der Waals surface area contributed by atoms with Gasteiger partial charge in [0.2, 0.25) is 5.82 Å². The van der Waals surface area contributed by atoms with Crippen LogP contribution >= 0.6 is 0 Å². The van der Waals surface area contributed by atoms with E-state index in [2.05, 4.69) is 20.4 Å². The quantitative estimate of drug-likeness (QED) is 0.119. The van der Waals surface area contributed by atoms with Gasteiger partial charge in [-0.05, 0) is 47.2 Å². The van der Waals surface area contributed by atoms with Crippen molar-refractivity contribution >= 4 is 18.2 Å². The molecule has 2 amide bonds. The lowest BCUT2D eigenvalue weighted by Crippen LogP contribution is -2.60. The van der Waals surface area contributed by atoms with E-state index < -0.39 is 17.8 Å². The van der Waals surface area contributed by atoms with Crippen molar-refractivity contribution in [2.75, 3.05) is 26.2 Å². The number of piperidine rings is 2. The van der Waals surface area contributed by atoms with Crippen molar-refractivity contribution in [3.63, 3.8) is 0 Å². The predicted molar refractivity (Wildman–Crippen MR) is 225 cm³/mol. The number of carbonyl (C=O) groups is 3. The molecular formula is C48H46FN5O7. The van der Waals surface area contributed by atoms with Crippen molar-refractivity contribution in [3.05, 3.63) is 156 Å². The molecule has 8 rings (SSSR count). The number of aromatic nitrogens is 2. The van der Waals surface area contributed by atoms with E-state index in [0.717, 1.165) is 27.8 Å². The smallest absolute Gasteiger partial charge is 0.445 e. The van der Waals surface area contributed by atoms with Gasteiger partial charge >= 0.3 is 12.2 Å². The monoisotopic (exact) mass is 823 g/mol. The molecule has 2 aliphatic heterocycles. The zero-order valence-corrected chi connectivity index (χ0v) is 33.6. The number of carbonyl (C=O) groups excluding carboxylic acids is 3. The number of rotatable bonds is 12. The van der Waals surface area contributed by atoms with Gasteiger partial charge in [0, 0.05) is 68.3 Å². The third-order valence-electron chi connectivity index (χ3n) is 11.1. The molecule has 2 saturated heterocycles. The van der Waals surface area contributed by atoms with E-state index in [9.17, 15) is 14.4 Å². The molecule has 1 aromatic heterocycles. The molecule has 13 heteroatoms. The van der Waals surface area contributed by atoms with Gasteiger partial charge in [0.1, 0.15) is 19.0 Å². The highest BCUT2D eigenvalue weighted by atomic mass is 19.1. The summed E-state index contributed by atoms with van der Waals surface area (Å²) < 4.78 is 37.5. The number of benzene rings is 5. The first-order valence-corrected chi connectivity index (χ1v) is 20.5. The summed E-state index contributed by atoms with van der Waals surface area (Å²) in [5.74, 6) is -0.0848. The van der Waals surface area contributed by atoms with E-state index >= 15 is 4.39 Å².